The lowest BCUT2D eigenvalue weighted by atomic mass is 10.0. The molecule has 16 nitrogen and oxygen atoms in total. The van der Waals surface area contributed by atoms with Crippen molar-refractivity contribution in [1.82, 2.24) is 30.9 Å². The standard InChI is InChI=1S/C26H32N8O8/c27-16(8-14-11-29-12-31-14)23(38)33-19(9-22(36)37)25(40)32-18(5-6-21(28)35)24(39)34-20(26(41)42)7-13-10-30-17-4-2-1-3-15(13)17/h1-4,10-12,16,18-20,30H,5-9,27H2,(H2,28,35)(H,29,31)(H,32,40)(H,33,38)(H,34,39)(H,36,37)(H,41,42). The molecule has 4 amide bonds. The van der Waals surface area contributed by atoms with Crippen molar-refractivity contribution in [3.63, 3.8) is 0 Å². The Balaban J connectivity index is 1.73. The predicted molar refractivity (Wildman–Crippen MR) is 146 cm³/mol. The van der Waals surface area contributed by atoms with Crippen LogP contribution in [0.1, 0.15) is 30.5 Å². The van der Waals surface area contributed by atoms with Gasteiger partial charge in [0.15, 0.2) is 0 Å². The second-order valence-corrected chi connectivity index (χ2v) is 9.58. The number of carbonyl (C=O) groups is 6. The monoisotopic (exact) mass is 584 g/mol. The van der Waals surface area contributed by atoms with Crippen LogP contribution < -0.4 is 27.4 Å². The quantitative estimate of drug-likeness (QED) is 0.0918. The largest absolute Gasteiger partial charge is 0.481 e. The Bertz CT molecular complexity index is 1440. The third kappa shape index (κ3) is 8.88. The van der Waals surface area contributed by atoms with Gasteiger partial charge < -0.3 is 47.6 Å². The van der Waals surface area contributed by atoms with Crippen molar-refractivity contribution in [2.45, 2.75) is 56.3 Å². The molecule has 0 saturated heterocycles. The van der Waals surface area contributed by atoms with Crippen LogP contribution in [0.25, 0.3) is 10.9 Å². The van der Waals surface area contributed by atoms with E-state index in [0.29, 0.717) is 11.3 Å². The maximum absolute atomic E-state index is 13.2. The van der Waals surface area contributed by atoms with E-state index in [2.05, 4.69) is 30.9 Å². The van der Waals surface area contributed by atoms with Crippen molar-refractivity contribution in [3.05, 3.63) is 54.2 Å². The normalized spacial score (nSPS) is 13.8. The van der Waals surface area contributed by atoms with Crippen molar-refractivity contribution >= 4 is 46.5 Å². The van der Waals surface area contributed by atoms with Crippen LogP contribution in [0.2, 0.25) is 0 Å². The summed E-state index contributed by atoms with van der Waals surface area (Å²) in [6.45, 7) is 0. The Morgan fingerprint density at radius 1 is 0.881 bits per heavy atom. The highest BCUT2D eigenvalue weighted by Gasteiger charge is 2.32. The Kier molecular flexibility index (Phi) is 10.7. The number of rotatable bonds is 16. The molecule has 16 heteroatoms. The second kappa shape index (κ2) is 14.4. The highest BCUT2D eigenvalue weighted by molar-refractivity contribution is 5.96. The topological polar surface area (TPSA) is 275 Å². The molecule has 0 aliphatic rings. The fraction of sp³-hybridized carbons (Fsp3) is 0.346. The second-order valence-electron chi connectivity index (χ2n) is 9.58. The van der Waals surface area contributed by atoms with Crippen LogP contribution in [0.4, 0.5) is 0 Å². The summed E-state index contributed by atoms with van der Waals surface area (Å²) < 4.78 is 0. The van der Waals surface area contributed by atoms with E-state index in [-0.39, 0.29) is 25.7 Å². The van der Waals surface area contributed by atoms with Gasteiger partial charge >= 0.3 is 11.9 Å². The molecule has 11 N–H and O–H groups in total. The lowest BCUT2D eigenvalue weighted by Gasteiger charge is -2.24. The molecule has 0 fully saturated rings. The zero-order valence-corrected chi connectivity index (χ0v) is 22.3. The highest BCUT2D eigenvalue weighted by atomic mass is 16.4. The average Bonchev–Trinajstić information content (AvgIpc) is 3.59. The van der Waals surface area contributed by atoms with E-state index in [1.807, 2.05) is 0 Å². The number of aliphatic carboxylic acids is 2. The van der Waals surface area contributed by atoms with Gasteiger partial charge in [0, 0.05) is 48.3 Å². The number of H-pyrrole nitrogens is 2. The maximum Gasteiger partial charge on any atom is 0.326 e. The van der Waals surface area contributed by atoms with Gasteiger partial charge in [0.2, 0.25) is 23.6 Å². The van der Waals surface area contributed by atoms with E-state index in [4.69, 9.17) is 11.5 Å². The predicted octanol–water partition coefficient (Wildman–Crippen LogP) is -1.72. The van der Waals surface area contributed by atoms with Gasteiger partial charge in [-0.25, -0.2) is 9.78 Å². The third-order valence-electron chi connectivity index (χ3n) is 6.37. The van der Waals surface area contributed by atoms with Crippen LogP contribution in [0.5, 0.6) is 0 Å². The fourth-order valence-electron chi connectivity index (χ4n) is 4.21. The average molecular weight is 585 g/mol. The summed E-state index contributed by atoms with van der Waals surface area (Å²) in [4.78, 5) is 83.3. The number of benzene rings is 1. The first-order valence-electron chi connectivity index (χ1n) is 12.9. The molecule has 0 aliphatic carbocycles. The number of carbonyl (C=O) groups excluding carboxylic acids is 4. The smallest absolute Gasteiger partial charge is 0.326 e. The van der Waals surface area contributed by atoms with Gasteiger partial charge in [-0.3, -0.25) is 24.0 Å². The molecule has 2 aromatic heterocycles. The first-order chi connectivity index (χ1) is 19.9. The minimum atomic E-state index is -1.65. The van der Waals surface area contributed by atoms with Crippen LogP contribution in [-0.2, 0) is 41.6 Å². The van der Waals surface area contributed by atoms with Crippen LogP contribution in [0.15, 0.2) is 43.0 Å². The molecule has 3 rings (SSSR count). The van der Waals surface area contributed by atoms with Crippen molar-refractivity contribution in [1.29, 1.82) is 0 Å². The number of para-hydroxylation sites is 1. The Labute approximate surface area is 238 Å². The summed E-state index contributed by atoms with van der Waals surface area (Å²) in [5, 5.41) is 26.8. The van der Waals surface area contributed by atoms with E-state index in [1.165, 1.54) is 12.5 Å². The molecule has 0 spiro atoms. The number of amides is 4. The number of aromatic nitrogens is 3. The fourth-order valence-corrected chi connectivity index (χ4v) is 4.21. The number of imidazole rings is 1. The molecule has 3 aromatic rings. The molecule has 4 atom stereocenters. The summed E-state index contributed by atoms with van der Waals surface area (Å²) in [5.74, 6) is -6.43. The zero-order valence-electron chi connectivity index (χ0n) is 22.3. The molecule has 4 unspecified atom stereocenters. The maximum atomic E-state index is 13.2. The van der Waals surface area contributed by atoms with Gasteiger partial charge in [-0.1, -0.05) is 18.2 Å². The van der Waals surface area contributed by atoms with E-state index >= 15 is 0 Å². The van der Waals surface area contributed by atoms with E-state index in [9.17, 15) is 39.0 Å². The first-order valence-corrected chi connectivity index (χ1v) is 12.9. The van der Waals surface area contributed by atoms with Gasteiger partial charge in [-0.2, -0.15) is 0 Å². The highest BCUT2D eigenvalue weighted by Crippen LogP contribution is 2.19. The Hall–Kier alpha value is -5.25. The van der Waals surface area contributed by atoms with E-state index in [0.717, 1.165) is 10.9 Å². The molecule has 0 aliphatic heterocycles. The summed E-state index contributed by atoms with van der Waals surface area (Å²) in [7, 11) is 0. The number of fused-ring (bicyclic) bond motifs is 1. The van der Waals surface area contributed by atoms with Gasteiger partial charge in [0.1, 0.15) is 18.1 Å². The van der Waals surface area contributed by atoms with Crippen LogP contribution in [-0.4, -0.2) is 84.9 Å². The Morgan fingerprint density at radius 2 is 1.55 bits per heavy atom. The summed E-state index contributed by atoms with van der Waals surface area (Å²) in [5.41, 5.74) is 13.0. The number of primary amides is 1. The molecule has 2 heterocycles. The number of carboxylic acid groups (broad SMARTS) is 2. The third-order valence-corrected chi connectivity index (χ3v) is 6.37. The summed E-state index contributed by atoms with van der Waals surface area (Å²) >= 11 is 0. The summed E-state index contributed by atoms with van der Waals surface area (Å²) in [6, 6.07) is 1.46. The SMILES string of the molecule is NC(=O)CCC(NC(=O)C(CC(=O)O)NC(=O)C(N)Cc1cnc[nH]1)C(=O)NC(Cc1c[nH]c2ccccc12)C(=O)O. The minimum Gasteiger partial charge on any atom is -0.481 e. The van der Waals surface area contributed by atoms with Crippen molar-refractivity contribution < 1.29 is 39.0 Å². The Morgan fingerprint density at radius 3 is 2.19 bits per heavy atom. The number of hydrogen-bond donors (Lipinski definition) is 9. The molecule has 0 bridgehead atoms. The van der Waals surface area contributed by atoms with Gasteiger partial charge in [-0.15, -0.1) is 0 Å². The van der Waals surface area contributed by atoms with Crippen molar-refractivity contribution in [3.8, 4) is 0 Å². The number of aromatic amines is 2. The van der Waals surface area contributed by atoms with E-state index < -0.39 is 66.2 Å². The van der Waals surface area contributed by atoms with Gasteiger partial charge in [0.05, 0.1) is 18.8 Å². The zero-order chi connectivity index (χ0) is 30.8. The lowest BCUT2D eigenvalue weighted by molar-refractivity contribution is -0.143. The molecular formula is C26H32N8O8. The first kappa shape index (κ1) is 31.3. The van der Waals surface area contributed by atoms with Crippen LogP contribution in [0, 0.1) is 0 Å². The van der Waals surface area contributed by atoms with Gasteiger partial charge in [0.25, 0.3) is 0 Å². The number of nitrogens with two attached hydrogens (primary N) is 2. The lowest BCUT2D eigenvalue weighted by Crippen LogP contribution is -2.58. The number of nitrogens with one attached hydrogen (secondary N) is 5. The number of carboxylic acids is 2. The summed E-state index contributed by atoms with van der Waals surface area (Å²) in [6.07, 6.45) is 2.83. The van der Waals surface area contributed by atoms with E-state index in [1.54, 1.807) is 30.5 Å². The molecular weight excluding hydrogens is 552 g/mol. The minimum absolute atomic E-state index is 0.0178. The molecule has 1 aromatic carbocycles. The molecule has 0 saturated carbocycles. The molecule has 0 radical (unpaired) electrons. The van der Waals surface area contributed by atoms with Crippen LogP contribution >= 0.6 is 0 Å². The molecule has 42 heavy (non-hydrogen) atoms. The van der Waals surface area contributed by atoms with Crippen LogP contribution in [0.3, 0.4) is 0 Å². The van der Waals surface area contributed by atoms with Crippen molar-refractivity contribution in [2.24, 2.45) is 11.5 Å². The van der Waals surface area contributed by atoms with Gasteiger partial charge in [-0.05, 0) is 18.1 Å². The number of nitrogens with zero attached hydrogens (tertiary/aromatic N) is 1. The number of hydrogen-bond acceptors (Lipinski definition) is 8. The van der Waals surface area contributed by atoms with Crippen molar-refractivity contribution in [2.75, 3.05) is 0 Å². The molecule has 224 valence electrons.